The van der Waals surface area contributed by atoms with Gasteiger partial charge in [-0.25, -0.2) is 4.79 Å². The van der Waals surface area contributed by atoms with Gasteiger partial charge in [0, 0.05) is 4.88 Å². The van der Waals surface area contributed by atoms with Gasteiger partial charge in [0.2, 0.25) is 0 Å². The van der Waals surface area contributed by atoms with Crippen LogP contribution in [0.5, 0.6) is 5.75 Å². The highest BCUT2D eigenvalue weighted by Crippen LogP contribution is 2.37. The van der Waals surface area contributed by atoms with E-state index in [1.165, 1.54) is 17.4 Å². The summed E-state index contributed by atoms with van der Waals surface area (Å²) in [5, 5.41) is 30.7. The Morgan fingerprint density at radius 3 is 2.59 bits per heavy atom. The zero-order valence-electron chi connectivity index (χ0n) is 15.4. The monoisotopic (exact) mass is 407 g/mol. The second-order valence-electron chi connectivity index (χ2n) is 6.40. The molecule has 8 heteroatoms. The molecule has 1 amide bonds. The molecule has 0 spiro atoms. The summed E-state index contributed by atoms with van der Waals surface area (Å²) < 4.78 is 5.05. The number of nitrogens with zero attached hydrogens (tertiary/aromatic N) is 2. The van der Waals surface area contributed by atoms with E-state index in [0.717, 1.165) is 36.1 Å². The number of aliphatic carboxylic acids is 1. The van der Waals surface area contributed by atoms with Crippen LogP contribution in [0.2, 0.25) is 0 Å². The van der Waals surface area contributed by atoms with Crippen LogP contribution in [0.25, 0.3) is 6.08 Å². The largest absolute Gasteiger partial charge is 0.482 e. The van der Waals surface area contributed by atoms with E-state index < -0.39 is 18.5 Å². The van der Waals surface area contributed by atoms with Crippen molar-refractivity contribution < 1.29 is 19.4 Å². The molecule has 29 heavy (non-hydrogen) atoms. The third-order valence-electron chi connectivity index (χ3n) is 4.43. The van der Waals surface area contributed by atoms with E-state index in [4.69, 9.17) is 9.84 Å². The van der Waals surface area contributed by atoms with E-state index in [1.54, 1.807) is 24.3 Å². The molecule has 0 fully saturated rings. The number of benzene rings is 1. The van der Waals surface area contributed by atoms with Crippen molar-refractivity contribution in [1.29, 1.82) is 10.5 Å². The minimum atomic E-state index is -1.08. The lowest BCUT2D eigenvalue weighted by molar-refractivity contribution is -0.139. The van der Waals surface area contributed by atoms with Crippen LogP contribution in [0.3, 0.4) is 0 Å². The van der Waals surface area contributed by atoms with Crippen molar-refractivity contribution in [3.63, 3.8) is 0 Å². The van der Waals surface area contributed by atoms with Crippen LogP contribution in [0.1, 0.15) is 34.4 Å². The number of hydrogen-bond acceptors (Lipinski definition) is 6. The normalized spacial score (nSPS) is 13.0. The molecule has 3 rings (SSSR count). The number of hydrogen-bond donors (Lipinski definition) is 2. The van der Waals surface area contributed by atoms with Crippen LogP contribution in [0, 0.1) is 22.7 Å². The van der Waals surface area contributed by atoms with E-state index in [9.17, 15) is 20.1 Å². The first-order chi connectivity index (χ1) is 14.0. The number of amides is 1. The number of carbonyl (C=O) groups excluding carboxylic acids is 1. The number of carboxylic acid groups (broad SMARTS) is 1. The van der Waals surface area contributed by atoms with Crippen LogP contribution < -0.4 is 10.1 Å². The maximum atomic E-state index is 12.6. The molecule has 2 aromatic rings. The molecule has 1 heterocycles. The lowest BCUT2D eigenvalue weighted by Crippen LogP contribution is -2.13. The van der Waals surface area contributed by atoms with Crippen molar-refractivity contribution in [2.24, 2.45) is 0 Å². The Morgan fingerprint density at radius 1 is 1.21 bits per heavy atom. The number of nitriles is 2. The number of carbonyl (C=O) groups is 2. The van der Waals surface area contributed by atoms with Crippen molar-refractivity contribution >= 4 is 34.3 Å². The fourth-order valence-corrected chi connectivity index (χ4v) is 4.30. The summed E-state index contributed by atoms with van der Waals surface area (Å²) in [5.74, 6) is -1.28. The molecule has 0 aliphatic heterocycles. The SMILES string of the molecule is N#C/C(=C\c1ccc(OCC(=O)O)cc1)C(=O)Nc1sc2c(c1C#N)CCCC2. The van der Waals surface area contributed by atoms with Gasteiger partial charge in [0.25, 0.3) is 5.91 Å². The first-order valence-electron chi connectivity index (χ1n) is 8.94. The summed E-state index contributed by atoms with van der Waals surface area (Å²) >= 11 is 1.40. The highest BCUT2D eigenvalue weighted by molar-refractivity contribution is 7.16. The first-order valence-corrected chi connectivity index (χ1v) is 9.76. The zero-order valence-corrected chi connectivity index (χ0v) is 16.2. The van der Waals surface area contributed by atoms with E-state index in [0.29, 0.717) is 21.9 Å². The number of fused-ring (bicyclic) bond motifs is 1. The second-order valence-corrected chi connectivity index (χ2v) is 7.51. The standard InChI is InChI=1S/C21H17N3O4S/c22-10-14(9-13-5-7-15(8-6-13)28-12-19(25)26)20(27)24-21-17(11-23)16-3-1-2-4-18(16)29-21/h5-9H,1-4,12H2,(H,24,27)(H,25,26)/b14-9+. The molecule has 7 nitrogen and oxygen atoms in total. The predicted molar refractivity (Wildman–Crippen MR) is 107 cm³/mol. The Bertz CT molecular complexity index is 1060. The van der Waals surface area contributed by atoms with Gasteiger partial charge in [0.15, 0.2) is 6.61 Å². The van der Waals surface area contributed by atoms with Crippen LogP contribution in [0.15, 0.2) is 29.8 Å². The molecular formula is C21H17N3O4S. The molecule has 0 unspecified atom stereocenters. The number of ether oxygens (including phenoxy) is 1. The number of nitrogens with one attached hydrogen (secondary N) is 1. The summed E-state index contributed by atoms with van der Waals surface area (Å²) in [6.07, 6.45) is 5.27. The first kappa shape index (κ1) is 20.1. The van der Waals surface area contributed by atoms with Crippen molar-refractivity contribution in [2.75, 3.05) is 11.9 Å². The van der Waals surface area contributed by atoms with E-state index in [2.05, 4.69) is 11.4 Å². The average molecular weight is 407 g/mol. The lowest BCUT2D eigenvalue weighted by Gasteiger charge is -2.09. The molecule has 0 radical (unpaired) electrons. The average Bonchev–Trinajstić information content (AvgIpc) is 3.08. The van der Waals surface area contributed by atoms with Gasteiger partial charge in [0.1, 0.15) is 28.5 Å². The number of aryl methyl sites for hydroxylation is 1. The summed E-state index contributed by atoms with van der Waals surface area (Å²) in [6.45, 7) is -0.451. The third kappa shape index (κ3) is 4.81. The Kier molecular flexibility index (Phi) is 6.28. The molecule has 1 aliphatic carbocycles. The highest BCUT2D eigenvalue weighted by atomic mass is 32.1. The number of anilines is 1. The molecule has 0 saturated carbocycles. The van der Waals surface area contributed by atoms with Gasteiger partial charge < -0.3 is 15.2 Å². The molecule has 1 aromatic carbocycles. The summed E-state index contributed by atoms with van der Waals surface area (Å²) in [5.41, 5.74) is 2.00. The molecule has 1 aromatic heterocycles. The van der Waals surface area contributed by atoms with E-state index in [-0.39, 0.29) is 5.57 Å². The zero-order chi connectivity index (χ0) is 20.8. The Hall–Kier alpha value is -3.62. The van der Waals surface area contributed by atoms with Gasteiger partial charge in [-0.3, -0.25) is 4.79 Å². The Balaban J connectivity index is 1.76. The van der Waals surface area contributed by atoms with Crippen LogP contribution in [-0.2, 0) is 22.4 Å². The van der Waals surface area contributed by atoms with Crippen LogP contribution >= 0.6 is 11.3 Å². The molecule has 0 saturated heterocycles. The van der Waals surface area contributed by atoms with Crippen molar-refractivity contribution in [2.45, 2.75) is 25.7 Å². The van der Waals surface area contributed by atoms with Gasteiger partial charge in [-0.2, -0.15) is 10.5 Å². The maximum absolute atomic E-state index is 12.6. The third-order valence-corrected chi connectivity index (χ3v) is 5.64. The number of thiophene rings is 1. The predicted octanol–water partition coefficient (Wildman–Crippen LogP) is 3.51. The summed E-state index contributed by atoms with van der Waals surface area (Å²) in [6, 6.07) is 10.4. The Labute approximate surface area is 171 Å². The number of rotatable bonds is 6. The van der Waals surface area contributed by atoms with Gasteiger partial charge in [-0.1, -0.05) is 12.1 Å². The molecule has 146 valence electrons. The van der Waals surface area contributed by atoms with Crippen molar-refractivity contribution in [3.05, 3.63) is 51.4 Å². The summed E-state index contributed by atoms with van der Waals surface area (Å²) in [4.78, 5) is 24.2. The maximum Gasteiger partial charge on any atom is 0.341 e. The van der Waals surface area contributed by atoms with E-state index in [1.807, 2.05) is 6.07 Å². The van der Waals surface area contributed by atoms with Gasteiger partial charge in [-0.05, 0) is 55.0 Å². The van der Waals surface area contributed by atoms with E-state index >= 15 is 0 Å². The molecule has 2 N–H and O–H groups in total. The topological polar surface area (TPSA) is 123 Å². The van der Waals surface area contributed by atoms with Crippen molar-refractivity contribution in [1.82, 2.24) is 0 Å². The molecule has 0 atom stereocenters. The molecular weight excluding hydrogens is 390 g/mol. The molecule has 0 bridgehead atoms. The fraction of sp³-hybridized carbons (Fsp3) is 0.238. The van der Waals surface area contributed by atoms with Gasteiger partial charge in [-0.15, -0.1) is 11.3 Å². The molecule has 1 aliphatic rings. The summed E-state index contributed by atoms with van der Waals surface area (Å²) in [7, 11) is 0. The number of carboxylic acids is 1. The lowest BCUT2D eigenvalue weighted by atomic mass is 9.96. The highest BCUT2D eigenvalue weighted by Gasteiger charge is 2.22. The quantitative estimate of drug-likeness (QED) is 0.558. The minimum Gasteiger partial charge on any atom is -0.482 e. The minimum absolute atomic E-state index is 0.0977. The second kappa shape index (κ2) is 9.05. The van der Waals surface area contributed by atoms with Crippen LogP contribution in [-0.4, -0.2) is 23.6 Å². The van der Waals surface area contributed by atoms with Gasteiger partial charge in [0.05, 0.1) is 5.56 Å². The van der Waals surface area contributed by atoms with Gasteiger partial charge >= 0.3 is 5.97 Å². The smallest absolute Gasteiger partial charge is 0.341 e. The fourth-order valence-electron chi connectivity index (χ4n) is 3.06. The van der Waals surface area contributed by atoms with Crippen molar-refractivity contribution in [3.8, 4) is 17.9 Å². The Morgan fingerprint density at radius 2 is 1.93 bits per heavy atom. The van der Waals surface area contributed by atoms with Crippen LogP contribution in [0.4, 0.5) is 5.00 Å².